The fourth-order valence-corrected chi connectivity index (χ4v) is 2.50. The third kappa shape index (κ3) is 2.84. The minimum atomic E-state index is -0.726. The first-order chi connectivity index (χ1) is 8.18. The van der Waals surface area contributed by atoms with Crippen molar-refractivity contribution in [2.75, 3.05) is 0 Å². The Morgan fingerprint density at radius 3 is 2.88 bits per heavy atom. The van der Waals surface area contributed by atoms with Crippen molar-refractivity contribution in [2.45, 2.75) is 45.4 Å². The Kier molecular flexibility index (Phi) is 3.77. The van der Waals surface area contributed by atoms with Gasteiger partial charge in [-0.2, -0.15) is 0 Å². The maximum absolute atomic E-state index is 10.9. The van der Waals surface area contributed by atoms with Crippen molar-refractivity contribution in [1.82, 2.24) is 4.98 Å². The SMILES string of the molecule is CC(Cc1cncc2c1CCCCC2)C(=O)O. The van der Waals surface area contributed by atoms with Crippen LogP contribution in [-0.4, -0.2) is 16.1 Å². The fourth-order valence-electron chi connectivity index (χ4n) is 2.50. The molecule has 0 bridgehead atoms. The Morgan fingerprint density at radius 2 is 2.12 bits per heavy atom. The monoisotopic (exact) mass is 233 g/mol. The molecular weight excluding hydrogens is 214 g/mol. The molecule has 2 rings (SSSR count). The van der Waals surface area contributed by atoms with Crippen molar-refractivity contribution in [3.63, 3.8) is 0 Å². The van der Waals surface area contributed by atoms with E-state index in [2.05, 4.69) is 4.98 Å². The molecule has 1 N–H and O–H groups in total. The van der Waals surface area contributed by atoms with Gasteiger partial charge in [0.2, 0.25) is 0 Å². The molecule has 3 nitrogen and oxygen atoms in total. The van der Waals surface area contributed by atoms with Gasteiger partial charge in [0.15, 0.2) is 0 Å². The Labute approximate surface area is 102 Å². The summed E-state index contributed by atoms with van der Waals surface area (Å²) in [5.41, 5.74) is 3.84. The average Bonchev–Trinajstić information content (AvgIpc) is 2.54. The van der Waals surface area contributed by atoms with Crippen LogP contribution < -0.4 is 0 Å². The van der Waals surface area contributed by atoms with Crippen LogP contribution >= 0.6 is 0 Å². The molecule has 0 radical (unpaired) electrons. The van der Waals surface area contributed by atoms with Gasteiger partial charge in [0.25, 0.3) is 0 Å². The summed E-state index contributed by atoms with van der Waals surface area (Å²) < 4.78 is 0. The first kappa shape index (κ1) is 12.1. The molecule has 17 heavy (non-hydrogen) atoms. The summed E-state index contributed by atoms with van der Waals surface area (Å²) in [5.74, 6) is -1.05. The van der Waals surface area contributed by atoms with Crippen LogP contribution in [0.15, 0.2) is 12.4 Å². The lowest BCUT2D eigenvalue weighted by atomic mass is 9.93. The second-order valence-electron chi connectivity index (χ2n) is 4.94. The number of hydrogen-bond acceptors (Lipinski definition) is 2. The number of carbonyl (C=O) groups is 1. The number of carboxylic acid groups (broad SMARTS) is 1. The summed E-state index contributed by atoms with van der Waals surface area (Å²) in [6, 6.07) is 0. The molecule has 1 aromatic heterocycles. The molecule has 0 amide bonds. The number of rotatable bonds is 3. The number of aromatic nitrogens is 1. The minimum Gasteiger partial charge on any atom is -0.481 e. The van der Waals surface area contributed by atoms with Crippen molar-refractivity contribution in [2.24, 2.45) is 5.92 Å². The van der Waals surface area contributed by atoms with E-state index in [1.54, 1.807) is 6.92 Å². The first-order valence-corrected chi connectivity index (χ1v) is 6.36. The summed E-state index contributed by atoms with van der Waals surface area (Å²) in [7, 11) is 0. The van der Waals surface area contributed by atoms with E-state index < -0.39 is 5.97 Å². The Hall–Kier alpha value is -1.38. The van der Waals surface area contributed by atoms with Crippen molar-refractivity contribution in [3.8, 4) is 0 Å². The van der Waals surface area contributed by atoms with Crippen molar-refractivity contribution >= 4 is 5.97 Å². The number of aryl methyl sites for hydroxylation is 1. The molecule has 1 aliphatic carbocycles. The molecule has 0 fully saturated rings. The number of nitrogens with zero attached hydrogens (tertiary/aromatic N) is 1. The van der Waals surface area contributed by atoms with E-state index in [9.17, 15) is 4.79 Å². The van der Waals surface area contributed by atoms with Gasteiger partial charge in [-0.3, -0.25) is 9.78 Å². The van der Waals surface area contributed by atoms with E-state index in [4.69, 9.17) is 5.11 Å². The largest absolute Gasteiger partial charge is 0.481 e. The summed E-state index contributed by atoms with van der Waals surface area (Å²) in [6.45, 7) is 1.76. The second-order valence-corrected chi connectivity index (χ2v) is 4.94. The number of hydrogen-bond donors (Lipinski definition) is 1. The van der Waals surface area contributed by atoms with Crippen LogP contribution in [0, 0.1) is 5.92 Å². The topological polar surface area (TPSA) is 50.2 Å². The summed E-state index contributed by atoms with van der Waals surface area (Å²) in [6.07, 6.45) is 10.3. The molecule has 3 heteroatoms. The second kappa shape index (κ2) is 5.30. The van der Waals surface area contributed by atoms with Crippen molar-refractivity contribution in [3.05, 3.63) is 29.1 Å². The van der Waals surface area contributed by atoms with Crippen LogP contribution in [-0.2, 0) is 24.1 Å². The zero-order valence-corrected chi connectivity index (χ0v) is 10.3. The Balaban J connectivity index is 2.25. The molecule has 1 aromatic rings. The zero-order valence-electron chi connectivity index (χ0n) is 10.3. The quantitative estimate of drug-likeness (QED) is 0.816. The predicted molar refractivity (Wildman–Crippen MR) is 66.0 cm³/mol. The van der Waals surface area contributed by atoms with E-state index in [0.717, 1.165) is 18.4 Å². The summed E-state index contributed by atoms with van der Waals surface area (Å²) in [5, 5.41) is 8.98. The lowest BCUT2D eigenvalue weighted by Crippen LogP contribution is -2.14. The predicted octanol–water partition coefficient (Wildman–Crippen LogP) is 2.61. The standard InChI is InChI=1S/C14H19NO2/c1-10(14(16)17)7-12-9-15-8-11-5-3-2-4-6-13(11)12/h8-10H,2-7H2,1H3,(H,16,17). The molecule has 0 saturated carbocycles. The van der Waals surface area contributed by atoms with Crippen LogP contribution in [0.4, 0.5) is 0 Å². The highest BCUT2D eigenvalue weighted by Gasteiger charge is 2.17. The van der Waals surface area contributed by atoms with Gasteiger partial charge in [0.05, 0.1) is 5.92 Å². The molecule has 1 atom stereocenters. The Morgan fingerprint density at radius 1 is 1.35 bits per heavy atom. The van der Waals surface area contributed by atoms with E-state index in [1.165, 1.54) is 30.4 Å². The fraction of sp³-hybridized carbons (Fsp3) is 0.571. The third-order valence-corrected chi connectivity index (χ3v) is 3.56. The van der Waals surface area contributed by atoms with Crippen LogP contribution in [0.25, 0.3) is 0 Å². The molecule has 0 saturated heterocycles. The average molecular weight is 233 g/mol. The van der Waals surface area contributed by atoms with Gasteiger partial charge in [-0.25, -0.2) is 0 Å². The molecule has 1 unspecified atom stereocenters. The maximum Gasteiger partial charge on any atom is 0.306 e. The molecule has 0 aliphatic heterocycles. The van der Waals surface area contributed by atoms with Crippen LogP contribution in [0.1, 0.15) is 42.9 Å². The summed E-state index contributed by atoms with van der Waals surface area (Å²) in [4.78, 5) is 15.2. The molecular formula is C14H19NO2. The maximum atomic E-state index is 10.9. The van der Waals surface area contributed by atoms with Crippen LogP contribution in [0.3, 0.4) is 0 Å². The zero-order chi connectivity index (χ0) is 12.3. The minimum absolute atomic E-state index is 0.327. The van der Waals surface area contributed by atoms with Gasteiger partial charge in [0, 0.05) is 12.4 Å². The number of aliphatic carboxylic acids is 1. The highest BCUT2D eigenvalue weighted by molar-refractivity contribution is 5.70. The van der Waals surface area contributed by atoms with Gasteiger partial charge < -0.3 is 5.11 Å². The van der Waals surface area contributed by atoms with Gasteiger partial charge in [-0.05, 0) is 48.8 Å². The van der Waals surface area contributed by atoms with Gasteiger partial charge >= 0.3 is 5.97 Å². The Bertz CT molecular complexity index is 415. The number of carboxylic acids is 1. The molecule has 0 spiro atoms. The van der Waals surface area contributed by atoms with Crippen molar-refractivity contribution < 1.29 is 9.90 Å². The van der Waals surface area contributed by atoms with Crippen LogP contribution in [0.5, 0.6) is 0 Å². The third-order valence-electron chi connectivity index (χ3n) is 3.56. The van der Waals surface area contributed by atoms with E-state index in [0.29, 0.717) is 6.42 Å². The smallest absolute Gasteiger partial charge is 0.306 e. The lowest BCUT2D eigenvalue weighted by Gasteiger charge is -2.13. The summed E-state index contributed by atoms with van der Waals surface area (Å²) >= 11 is 0. The molecule has 1 heterocycles. The highest BCUT2D eigenvalue weighted by Crippen LogP contribution is 2.24. The van der Waals surface area contributed by atoms with Gasteiger partial charge in [-0.15, -0.1) is 0 Å². The van der Waals surface area contributed by atoms with Gasteiger partial charge in [0.1, 0.15) is 0 Å². The molecule has 0 aromatic carbocycles. The van der Waals surface area contributed by atoms with Crippen LogP contribution in [0.2, 0.25) is 0 Å². The first-order valence-electron chi connectivity index (χ1n) is 6.36. The van der Waals surface area contributed by atoms with E-state index in [-0.39, 0.29) is 5.92 Å². The normalized spacial score (nSPS) is 17.0. The van der Waals surface area contributed by atoms with E-state index in [1.807, 2.05) is 12.4 Å². The highest BCUT2D eigenvalue weighted by atomic mass is 16.4. The van der Waals surface area contributed by atoms with E-state index >= 15 is 0 Å². The van der Waals surface area contributed by atoms with Crippen molar-refractivity contribution in [1.29, 1.82) is 0 Å². The van der Waals surface area contributed by atoms with Gasteiger partial charge in [-0.1, -0.05) is 13.3 Å². The molecule has 1 aliphatic rings. The number of fused-ring (bicyclic) bond motifs is 1. The number of pyridine rings is 1. The molecule has 92 valence electrons. The lowest BCUT2D eigenvalue weighted by molar-refractivity contribution is -0.141.